The van der Waals surface area contributed by atoms with E-state index < -0.39 is 11.6 Å². The molecule has 1 nitrogen and oxygen atoms in total. The summed E-state index contributed by atoms with van der Waals surface area (Å²) in [4.78, 5) is 0. The predicted octanol–water partition coefficient (Wildman–Crippen LogP) is 2.19. The second-order valence-corrected chi connectivity index (χ2v) is 3.62. The van der Waals surface area contributed by atoms with E-state index in [1.165, 1.54) is 23.9 Å². The highest BCUT2D eigenvalue weighted by atomic mass is 32.2. The van der Waals surface area contributed by atoms with Crippen molar-refractivity contribution in [3.8, 4) is 0 Å². The molecule has 4 heteroatoms. The highest BCUT2D eigenvalue weighted by Gasteiger charge is 2.02. The van der Waals surface area contributed by atoms with Gasteiger partial charge in [-0.3, -0.25) is 0 Å². The maximum atomic E-state index is 13.0. The smallest absolute Gasteiger partial charge is 0.130 e. The summed E-state index contributed by atoms with van der Waals surface area (Å²) < 4.78 is 25.4. The first kappa shape index (κ1) is 10.5. The van der Waals surface area contributed by atoms with Gasteiger partial charge in [0.2, 0.25) is 0 Å². The minimum absolute atomic E-state index is 0.0769. The maximum Gasteiger partial charge on any atom is 0.130 e. The summed E-state index contributed by atoms with van der Waals surface area (Å²) in [6, 6.07) is 3.53. The van der Waals surface area contributed by atoms with Gasteiger partial charge in [-0.15, -0.1) is 0 Å². The van der Waals surface area contributed by atoms with Crippen molar-refractivity contribution in [2.24, 2.45) is 0 Å². The van der Waals surface area contributed by atoms with Crippen LogP contribution in [0.15, 0.2) is 18.2 Å². The molecule has 0 aliphatic carbocycles. The second kappa shape index (κ2) is 5.19. The van der Waals surface area contributed by atoms with Crippen LogP contribution in [-0.2, 0) is 5.75 Å². The third kappa shape index (κ3) is 3.32. The molecule has 1 aromatic rings. The molecule has 0 radical (unpaired) electrons. The summed E-state index contributed by atoms with van der Waals surface area (Å²) in [7, 11) is 0. The highest BCUT2D eigenvalue weighted by molar-refractivity contribution is 7.98. The van der Waals surface area contributed by atoms with Crippen molar-refractivity contribution >= 4 is 11.8 Å². The zero-order chi connectivity index (χ0) is 9.68. The number of halogens is 2. The van der Waals surface area contributed by atoms with Crippen LogP contribution in [0, 0.1) is 11.6 Å². The van der Waals surface area contributed by atoms with E-state index in [-0.39, 0.29) is 6.61 Å². The molecule has 13 heavy (non-hydrogen) atoms. The standard InChI is InChI=1S/C9H10F2OS/c10-8-2-1-7(9(11)5-8)6-13-4-3-12/h1-2,5,12H,3-4,6H2. The molecule has 0 amide bonds. The Labute approximate surface area is 79.8 Å². The first-order valence-electron chi connectivity index (χ1n) is 3.86. The predicted molar refractivity (Wildman–Crippen MR) is 49.6 cm³/mol. The van der Waals surface area contributed by atoms with Gasteiger partial charge in [-0.05, 0) is 11.6 Å². The van der Waals surface area contributed by atoms with Crippen LogP contribution in [0.25, 0.3) is 0 Å². The average molecular weight is 204 g/mol. The van der Waals surface area contributed by atoms with Gasteiger partial charge in [0.15, 0.2) is 0 Å². The summed E-state index contributed by atoms with van der Waals surface area (Å²) in [5.74, 6) is -0.0532. The molecule has 0 fully saturated rings. The lowest BCUT2D eigenvalue weighted by atomic mass is 10.2. The Morgan fingerprint density at radius 1 is 1.31 bits per heavy atom. The van der Waals surface area contributed by atoms with Crippen molar-refractivity contribution < 1.29 is 13.9 Å². The van der Waals surface area contributed by atoms with Crippen LogP contribution in [0.4, 0.5) is 8.78 Å². The zero-order valence-electron chi connectivity index (χ0n) is 6.96. The molecule has 1 N–H and O–H groups in total. The minimum atomic E-state index is -0.562. The number of rotatable bonds is 4. The fraction of sp³-hybridized carbons (Fsp3) is 0.333. The first-order chi connectivity index (χ1) is 6.24. The molecule has 0 aromatic heterocycles. The van der Waals surface area contributed by atoms with Crippen molar-refractivity contribution in [2.75, 3.05) is 12.4 Å². The van der Waals surface area contributed by atoms with Crippen molar-refractivity contribution in [3.63, 3.8) is 0 Å². The fourth-order valence-electron chi connectivity index (χ4n) is 0.885. The van der Waals surface area contributed by atoms with Gasteiger partial charge in [-0.1, -0.05) is 6.07 Å². The van der Waals surface area contributed by atoms with Gasteiger partial charge in [0, 0.05) is 17.6 Å². The number of thioether (sulfide) groups is 1. The molecule has 0 aliphatic heterocycles. The molecule has 0 aliphatic rings. The molecule has 0 bridgehead atoms. The molecule has 0 saturated carbocycles. The van der Waals surface area contributed by atoms with Crippen molar-refractivity contribution in [3.05, 3.63) is 35.4 Å². The van der Waals surface area contributed by atoms with Crippen LogP contribution in [-0.4, -0.2) is 17.5 Å². The van der Waals surface area contributed by atoms with E-state index in [1.54, 1.807) is 0 Å². The molecule has 1 aromatic carbocycles. The van der Waals surface area contributed by atoms with E-state index in [9.17, 15) is 8.78 Å². The van der Waals surface area contributed by atoms with E-state index in [4.69, 9.17) is 5.11 Å². The van der Waals surface area contributed by atoms with E-state index in [0.29, 0.717) is 17.1 Å². The summed E-state index contributed by atoms with van der Waals surface area (Å²) in [5, 5.41) is 8.48. The van der Waals surface area contributed by atoms with Crippen LogP contribution in [0.5, 0.6) is 0 Å². The first-order valence-corrected chi connectivity index (χ1v) is 5.02. The van der Waals surface area contributed by atoms with Crippen LogP contribution >= 0.6 is 11.8 Å². The quantitative estimate of drug-likeness (QED) is 0.759. The summed E-state index contributed by atoms with van der Waals surface area (Å²) >= 11 is 1.41. The average Bonchev–Trinajstić information content (AvgIpc) is 2.09. The van der Waals surface area contributed by atoms with E-state index in [0.717, 1.165) is 6.07 Å². The van der Waals surface area contributed by atoms with Crippen molar-refractivity contribution in [1.29, 1.82) is 0 Å². The van der Waals surface area contributed by atoms with Gasteiger partial charge in [-0.2, -0.15) is 11.8 Å². The molecule has 0 heterocycles. The van der Waals surface area contributed by atoms with Gasteiger partial charge < -0.3 is 5.11 Å². The number of hydrogen-bond acceptors (Lipinski definition) is 2. The Morgan fingerprint density at radius 2 is 2.08 bits per heavy atom. The monoisotopic (exact) mass is 204 g/mol. The lowest BCUT2D eigenvalue weighted by Crippen LogP contribution is -1.92. The number of aliphatic hydroxyl groups excluding tert-OH is 1. The summed E-state index contributed by atoms with van der Waals surface area (Å²) in [5.41, 5.74) is 0.472. The Hall–Kier alpha value is -0.610. The van der Waals surface area contributed by atoms with Crippen LogP contribution in [0.3, 0.4) is 0 Å². The minimum Gasteiger partial charge on any atom is -0.396 e. The van der Waals surface area contributed by atoms with Crippen molar-refractivity contribution in [1.82, 2.24) is 0 Å². The van der Waals surface area contributed by atoms with Crippen LogP contribution in [0.1, 0.15) is 5.56 Å². The second-order valence-electron chi connectivity index (χ2n) is 2.51. The van der Waals surface area contributed by atoms with E-state index in [2.05, 4.69) is 0 Å². The van der Waals surface area contributed by atoms with Crippen molar-refractivity contribution in [2.45, 2.75) is 5.75 Å². The third-order valence-corrected chi connectivity index (χ3v) is 2.49. The van der Waals surface area contributed by atoms with Crippen LogP contribution in [0.2, 0.25) is 0 Å². The van der Waals surface area contributed by atoms with E-state index >= 15 is 0 Å². The van der Waals surface area contributed by atoms with Gasteiger partial charge in [-0.25, -0.2) is 8.78 Å². The van der Waals surface area contributed by atoms with E-state index in [1.807, 2.05) is 0 Å². The molecule has 0 unspecified atom stereocenters. The summed E-state index contributed by atoms with van der Waals surface area (Å²) in [6.07, 6.45) is 0. The van der Waals surface area contributed by atoms with Gasteiger partial charge in [0.1, 0.15) is 11.6 Å². The Morgan fingerprint density at radius 3 is 2.69 bits per heavy atom. The molecular formula is C9H10F2OS. The van der Waals surface area contributed by atoms with Gasteiger partial charge in [0.25, 0.3) is 0 Å². The lowest BCUT2D eigenvalue weighted by Gasteiger charge is -2.01. The highest BCUT2D eigenvalue weighted by Crippen LogP contribution is 2.16. The largest absolute Gasteiger partial charge is 0.396 e. The topological polar surface area (TPSA) is 20.2 Å². The summed E-state index contributed by atoms with van der Waals surface area (Å²) in [6.45, 7) is 0.0769. The number of benzene rings is 1. The molecule has 0 atom stereocenters. The molecule has 0 saturated heterocycles. The molecule has 72 valence electrons. The maximum absolute atomic E-state index is 13.0. The zero-order valence-corrected chi connectivity index (χ0v) is 7.78. The third-order valence-electron chi connectivity index (χ3n) is 1.51. The molecular weight excluding hydrogens is 194 g/mol. The Bertz CT molecular complexity index is 278. The van der Waals surface area contributed by atoms with Gasteiger partial charge in [0.05, 0.1) is 6.61 Å². The Kier molecular flexibility index (Phi) is 4.18. The van der Waals surface area contributed by atoms with Crippen LogP contribution < -0.4 is 0 Å². The molecule has 0 spiro atoms. The number of aliphatic hydroxyl groups is 1. The van der Waals surface area contributed by atoms with Gasteiger partial charge >= 0.3 is 0 Å². The lowest BCUT2D eigenvalue weighted by molar-refractivity contribution is 0.322. The Balaban J connectivity index is 2.56. The number of hydrogen-bond donors (Lipinski definition) is 1. The molecule has 1 rings (SSSR count). The fourth-order valence-corrected chi connectivity index (χ4v) is 1.61. The normalized spacial score (nSPS) is 10.4. The SMILES string of the molecule is OCCSCc1ccc(F)cc1F.